The molecule has 0 fully saturated rings. The standard InChI is InChI=1S/C12H8N4O6/c17-14(18)8-5-6-10(12(7-8)16(21)22)13-9-3-1-2-4-11(9)15(19)20/h1-7,13H. The van der Waals surface area contributed by atoms with Crippen LogP contribution in [0, 0.1) is 30.3 Å². The average molecular weight is 304 g/mol. The number of hydrogen-bond donors (Lipinski definition) is 1. The molecule has 0 aliphatic carbocycles. The molecule has 0 spiro atoms. The molecule has 2 aromatic carbocycles. The lowest BCUT2D eigenvalue weighted by Gasteiger charge is -2.07. The zero-order chi connectivity index (χ0) is 16.3. The van der Waals surface area contributed by atoms with Crippen molar-refractivity contribution in [3.05, 3.63) is 72.8 Å². The van der Waals surface area contributed by atoms with Crippen LogP contribution in [0.15, 0.2) is 42.5 Å². The molecular weight excluding hydrogens is 296 g/mol. The second kappa shape index (κ2) is 5.83. The highest BCUT2D eigenvalue weighted by molar-refractivity contribution is 5.76. The van der Waals surface area contributed by atoms with Gasteiger partial charge in [0.1, 0.15) is 11.4 Å². The van der Waals surface area contributed by atoms with Gasteiger partial charge in [-0.3, -0.25) is 30.3 Å². The van der Waals surface area contributed by atoms with E-state index in [9.17, 15) is 30.3 Å². The minimum atomic E-state index is -0.801. The number of para-hydroxylation sites is 2. The highest BCUT2D eigenvalue weighted by Crippen LogP contribution is 2.34. The molecule has 0 saturated carbocycles. The quantitative estimate of drug-likeness (QED) is 0.660. The monoisotopic (exact) mass is 304 g/mol. The molecule has 22 heavy (non-hydrogen) atoms. The van der Waals surface area contributed by atoms with Crippen molar-refractivity contribution >= 4 is 28.4 Å². The third-order valence-electron chi connectivity index (χ3n) is 2.76. The fourth-order valence-corrected chi connectivity index (χ4v) is 1.77. The zero-order valence-corrected chi connectivity index (χ0v) is 10.8. The van der Waals surface area contributed by atoms with Crippen molar-refractivity contribution in [2.24, 2.45) is 0 Å². The van der Waals surface area contributed by atoms with Gasteiger partial charge in [-0.25, -0.2) is 0 Å². The van der Waals surface area contributed by atoms with Crippen molar-refractivity contribution in [2.75, 3.05) is 5.32 Å². The van der Waals surface area contributed by atoms with Crippen molar-refractivity contribution in [1.82, 2.24) is 0 Å². The number of nitro groups is 3. The molecule has 0 aliphatic heterocycles. The summed E-state index contributed by atoms with van der Waals surface area (Å²) >= 11 is 0. The number of anilines is 2. The number of nitrogens with one attached hydrogen (secondary N) is 1. The first kappa shape index (κ1) is 14.8. The molecule has 0 aliphatic rings. The van der Waals surface area contributed by atoms with Crippen LogP contribution in [-0.4, -0.2) is 14.8 Å². The van der Waals surface area contributed by atoms with Gasteiger partial charge in [0.15, 0.2) is 0 Å². The van der Waals surface area contributed by atoms with Crippen molar-refractivity contribution in [3.8, 4) is 0 Å². The van der Waals surface area contributed by atoms with Crippen LogP contribution in [0.1, 0.15) is 0 Å². The Morgan fingerprint density at radius 2 is 1.32 bits per heavy atom. The maximum atomic E-state index is 11.0. The van der Waals surface area contributed by atoms with E-state index in [4.69, 9.17) is 0 Å². The topological polar surface area (TPSA) is 141 Å². The van der Waals surface area contributed by atoms with Crippen molar-refractivity contribution < 1.29 is 14.8 Å². The molecule has 2 rings (SSSR count). The summed E-state index contributed by atoms with van der Waals surface area (Å²) in [5.41, 5.74) is -1.29. The van der Waals surface area contributed by atoms with Crippen molar-refractivity contribution in [2.45, 2.75) is 0 Å². The van der Waals surface area contributed by atoms with Crippen molar-refractivity contribution in [3.63, 3.8) is 0 Å². The Labute approximate surface area is 122 Å². The summed E-state index contributed by atoms with van der Waals surface area (Å²) in [6.07, 6.45) is 0. The summed E-state index contributed by atoms with van der Waals surface area (Å²) < 4.78 is 0. The minimum absolute atomic E-state index is 0.0458. The fourth-order valence-electron chi connectivity index (χ4n) is 1.77. The SMILES string of the molecule is O=[N+]([O-])c1ccc(Nc2ccccc2[N+](=O)[O-])c([N+](=O)[O-])c1. The Hall–Kier alpha value is -3.56. The number of non-ortho nitro benzene ring substituents is 1. The lowest BCUT2D eigenvalue weighted by molar-refractivity contribution is -0.393. The third kappa shape index (κ3) is 2.95. The van der Waals surface area contributed by atoms with Gasteiger partial charge in [0.2, 0.25) is 0 Å². The Bertz CT molecular complexity index is 776. The maximum absolute atomic E-state index is 11.0. The largest absolute Gasteiger partial charge is 0.344 e. The molecule has 0 bridgehead atoms. The molecule has 0 saturated heterocycles. The van der Waals surface area contributed by atoms with E-state index in [0.29, 0.717) is 0 Å². The molecule has 0 unspecified atom stereocenters. The summed E-state index contributed by atoms with van der Waals surface area (Å²) in [7, 11) is 0. The van der Waals surface area contributed by atoms with Gasteiger partial charge in [-0.1, -0.05) is 12.1 Å². The van der Waals surface area contributed by atoms with E-state index in [2.05, 4.69) is 5.32 Å². The number of benzene rings is 2. The predicted octanol–water partition coefficient (Wildman–Crippen LogP) is 3.15. The van der Waals surface area contributed by atoms with Gasteiger partial charge in [0.05, 0.1) is 20.8 Å². The van der Waals surface area contributed by atoms with Gasteiger partial charge in [0, 0.05) is 12.1 Å². The molecule has 0 radical (unpaired) electrons. The summed E-state index contributed by atoms with van der Waals surface area (Å²) in [6.45, 7) is 0. The Morgan fingerprint density at radius 1 is 0.727 bits per heavy atom. The third-order valence-corrected chi connectivity index (χ3v) is 2.76. The van der Waals surface area contributed by atoms with E-state index in [1.807, 2.05) is 0 Å². The summed E-state index contributed by atoms with van der Waals surface area (Å²) in [4.78, 5) is 30.4. The van der Waals surface area contributed by atoms with Crippen LogP contribution in [-0.2, 0) is 0 Å². The number of nitrogens with zero attached hydrogens (tertiary/aromatic N) is 3. The molecule has 10 nitrogen and oxygen atoms in total. The van der Waals surface area contributed by atoms with Gasteiger partial charge in [-0.15, -0.1) is 0 Å². The van der Waals surface area contributed by atoms with Gasteiger partial charge < -0.3 is 5.32 Å². The highest BCUT2D eigenvalue weighted by atomic mass is 16.6. The van der Waals surface area contributed by atoms with Gasteiger partial charge in [-0.05, 0) is 12.1 Å². The molecule has 2 aromatic rings. The summed E-state index contributed by atoms with van der Waals surface area (Å²) in [5.74, 6) is 0. The first-order valence-electron chi connectivity index (χ1n) is 5.83. The lowest BCUT2D eigenvalue weighted by Crippen LogP contribution is -2.01. The minimum Gasteiger partial charge on any atom is -0.344 e. The normalized spacial score (nSPS) is 10.0. The average Bonchev–Trinajstić information content (AvgIpc) is 2.47. The zero-order valence-electron chi connectivity index (χ0n) is 10.8. The predicted molar refractivity (Wildman–Crippen MR) is 76.1 cm³/mol. The van der Waals surface area contributed by atoms with Crippen LogP contribution in [0.2, 0.25) is 0 Å². The molecule has 1 N–H and O–H groups in total. The number of hydrogen-bond acceptors (Lipinski definition) is 7. The van der Waals surface area contributed by atoms with Crippen LogP contribution in [0.3, 0.4) is 0 Å². The fraction of sp³-hybridized carbons (Fsp3) is 0. The Morgan fingerprint density at radius 3 is 1.91 bits per heavy atom. The van der Waals surface area contributed by atoms with Crippen molar-refractivity contribution in [1.29, 1.82) is 0 Å². The molecule has 0 aromatic heterocycles. The van der Waals surface area contributed by atoms with Crippen LogP contribution in [0.5, 0.6) is 0 Å². The van der Waals surface area contributed by atoms with E-state index in [0.717, 1.165) is 18.2 Å². The van der Waals surface area contributed by atoms with Gasteiger partial charge in [0.25, 0.3) is 17.1 Å². The van der Waals surface area contributed by atoms with E-state index < -0.39 is 26.1 Å². The first-order chi connectivity index (χ1) is 10.4. The van der Waals surface area contributed by atoms with Crippen LogP contribution in [0.25, 0.3) is 0 Å². The van der Waals surface area contributed by atoms with E-state index in [1.54, 1.807) is 0 Å². The van der Waals surface area contributed by atoms with Gasteiger partial charge in [-0.2, -0.15) is 0 Å². The highest BCUT2D eigenvalue weighted by Gasteiger charge is 2.21. The number of nitro benzene ring substituents is 3. The molecular formula is C12H8N4O6. The second-order valence-corrected chi connectivity index (χ2v) is 4.11. The molecule has 112 valence electrons. The van der Waals surface area contributed by atoms with Crippen LogP contribution < -0.4 is 5.32 Å². The summed E-state index contributed by atoms with van der Waals surface area (Å²) in [6, 6.07) is 8.58. The smallest absolute Gasteiger partial charge is 0.299 e. The van der Waals surface area contributed by atoms with Gasteiger partial charge >= 0.3 is 0 Å². The molecule has 0 atom stereocenters. The maximum Gasteiger partial charge on any atom is 0.299 e. The molecule has 0 heterocycles. The Balaban J connectivity index is 2.48. The van der Waals surface area contributed by atoms with E-state index >= 15 is 0 Å². The summed E-state index contributed by atoms with van der Waals surface area (Å²) in [5, 5.41) is 35.2. The Kier molecular flexibility index (Phi) is 3.93. The molecule has 10 heteroatoms. The van der Waals surface area contributed by atoms with Crippen LogP contribution in [0.4, 0.5) is 28.4 Å². The van der Waals surface area contributed by atoms with E-state index in [1.165, 1.54) is 24.3 Å². The first-order valence-corrected chi connectivity index (χ1v) is 5.83. The molecule has 0 amide bonds. The number of rotatable bonds is 5. The second-order valence-electron chi connectivity index (χ2n) is 4.11. The van der Waals surface area contributed by atoms with E-state index in [-0.39, 0.29) is 17.1 Å². The lowest BCUT2D eigenvalue weighted by atomic mass is 10.2. The van der Waals surface area contributed by atoms with Crippen LogP contribution >= 0.6 is 0 Å².